The van der Waals surface area contributed by atoms with Gasteiger partial charge in [-0.15, -0.1) is 11.8 Å². The van der Waals surface area contributed by atoms with Crippen molar-refractivity contribution in [3.05, 3.63) is 29.6 Å². The lowest BCUT2D eigenvalue weighted by atomic mass is 10.1. The van der Waals surface area contributed by atoms with Crippen LogP contribution in [0.2, 0.25) is 0 Å². The number of hydrogen-bond donors (Lipinski definition) is 0. The molecule has 0 radical (unpaired) electrons. The lowest BCUT2D eigenvalue weighted by molar-refractivity contribution is -0.129. The third kappa shape index (κ3) is 3.56. The molecule has 0 unspecified atom stereocenters. The van der Waals surface area contributed by atoms with Crippen molar-refractivity contribution in [3.8, 4) is 0 Å². The second-order valence-electron chi connectivity index (χ2n) is 4.51. The molecule has 3 nitrogen and oxygen atoms in total. The molecule has 1 aliphatic heterocycles. The van der Waals surface area contributed by atoms with Crippen LogP contribution < -0.4 is 0 Å². The Balaban J connectivity index is 1.98. The third-order valence-electron chi connectivity index (χ3n) is 3.17. The molecule has 0 aliphatic carbocycles. The summed E-state index contributed by atoms with van der Waals surface area (Å²) >= 11 is 1.10. The predicted molar refractivity (Wildman–Crippen MR) is 72.9 cm³/mol. The van der Waals surface area contributed by atoms with Gasteiger partial charge in [-0.2, -0.15) is 0 Å². The number of benzene rings is 1. The van der Waals surface area contributed by atoms with Crippen molar-refractivity contribution < 1.29 is 14.0 Å². The predicted octanol–water partition coefficient (Wildman–Crippen LogP) is 2.74. The molecule has 0 saturated carbocycles. The highest BCUT2D eigenvalue weighted by atomic mass is 32.2. The Bertz CT molecular complexity index is 473. The first-order chi connectivity index (χ1) is 9.22. The molecular formula is C14H16FNO2S. The van der Waals surface area contributed by atoms with Crippen molar-refractivity contribution in [2.75, 3.05) is 18.8 Å². The number of aldehydes is 1. The number of nitrogens with zero attached hydrogens (tertiary/aromatic N) is 1. The quantitative estimate of drug-likeness (QED) is 0.629. The number of carbonyl (C=O) groups excluding carboxylic acids is 2. The smallest absolute Gasteiger partial charge is 0.232 e. The number of amides is 1. The van der Waals surface area contributed by atoms with Crippen LogP contribution in [0.1, 0.15) is 29.6 Å². The van der Waals surface area contributed by atoms with Gasteiger partial charge in [0.05, 0.1) is 10.6 Å². The summed E-state index contributed by atoms with van der Waals surface area (Å²) in [6, 6.07) is 4.36. The molecule has 1 saturated heterocycles. The van der Waals surface area contributed by atoms with E-state index in [0.29, 0.717) is 11.8 Å². The molecule has 0 N–H and O–H groups in total. The zero-order valence-electron chi connectivity index (χ0n) is 10.6. The van der Waals surface area contributed by atoms with Gasteiger partial charge in [-0.3, -0.25) is 9.59 Å². The van der Waals surface area contributed by atoms with Crippen LogP contribution in [0, 0.1) is 5.82 Å². The normalized spacial score (nSPS) is 15.3. The molecule has 0 aromatic heterocycles. The Morgan fingerprint density at radius 3 is 2.74 bits per heavy atom. The molecule has 19 heavy (non-hydrogen) atoms. The summed E-state index contributed by atoms with van der Waals surface area (Å²) in [5, 5.41) is 0. The van der Waals surface area contributed by atoms with Crippen molar-refractivity contribution in [2.24, 2.45) is 0 Å². The zero-order valence-corrected chi connectivity index (χ0v) is 11.4. The lowest BCUT2D eigenvalue weighted by Crippen LogP contribution is -2.36. The van der Waals surface area contributed by atoms with Gasteiger partial charge in [0.2, 0.25) is 5.91 Å². The second kappa shape index (κ2) is 6.70. The average Bonchev–Trinajstić information content (AvgIpc) is 2.46. The van der Waals surface area contributed by atoms with E-state index in [-0.39, 0.29) is 16.6 Å². The van der Waals surface area contributed by atoms with Crippen LogP contribution in [0.3, 0.4) is 0 Å². The molecule has 102 valence electrons. The van der Waals surface area contributed by atoms with Gasteiger partial charge in [0.15, 0.2) is 6.29 Å². The van der Waals surface area contributed by atoms with Crippen LogP contribution in [0.5, 0.6) is 0 Å². The van der Waals surface area contributed by atoms with E-state index in [0.717, 1.165) is 37.7 Å². The van der Waals surface area contributed by atoms with Crippen LogP contribution in [0.15, 0.2) is 23.1 Å². The van der Waals surface area contributed by atoms with E-state index in [4.69, 9.17) is 0 Å². The summed E-state index contributed by atoms with van der Waals surface area (Å²) in [5.74, 6) is -0.243. The first-order valence-corrected chi connectivity index (χ1v) is 7.35. The molecular weight excluding hydrogens is 265 g/mol. The SMILES string of the molecule is O=Cc1cccc(F)c1SCC(=O)N1CCCCC1. The fourth-order valence-electron chi connectivity index (χ4n) is 2.14. The largest absolute Gasteiger partial charge is 0.342 e. The Hall–Kier alpha value is -1.36. The minimum Gasteiger partial charge on any atom is -0.342 e. The summed E-state index contributed by atoms with van der Waals surface area (Å²) in [5.41, 5.74) is 0.302. The van der Waals surface area contributed by atoms with Gasteiger partial charge >= 0.3 is 0 Å². The first kappa shape index (κ1) is 14.1. The molecule has 1 fully saturated rings. The zero-order chi connectivity index (χ0) is 13.7. The van der Waals surface area contributed by atoms with Crippen molar-refractivity contribution in [2.45, 2.75) is 24.2 Å². The minimum absolute atomic E-state index is 0.0183. The second-order valence-corrected chi connectivity index (χ2v) is 5.49. The molecule has 1 heterocycles. The van der Waals surface area contributed by atoms with E-state index in [1.165, 1.54) is 18.6 Å². The summed E-state index contributed by atoms with van der Waals surface area (Å²) in [6.45, 7) is 1.58. The van der Waals surface area contributed by atoms with Crippen LogP contribution in [0.25, 0.3) is 0 Å². The van der Waals surface area contributed by atoms with Crippen molar-refractivity contribution >= 4 is 24.0 Å². The maximum Gasteiger partial charge on any atom is 0.232 e. The van der Waals surface area contributed by atoms with Gasteiger partial charge in [0, 0.05) is 18.7 Å². The fraction of sp³-hybridized carbons (Fsp3) is 0.429. The van der Waals surface area contributed by atoms with Crippen molar-refractivity contribution in [1.82, 2.24) is 4.90 Å². The maximum absolute atomic E-state index is 13.6. The van der Waals surface area contributed by atoms with Crippen molar-refractivity contribution in [3.63, 3.8) is 0 Å². The van der Waals surface area contributed by atoms with Gasteiger partial charge in [-0.25, -0.2) is 4.39 Å². The van der Waals surface area contributed by atoms with E-state index in [9.17, 15) is 14.0 Å². The molecule has 0 atom stereocenters. The van der Waals surface area contributed by atoms with Gasteiger partial charge in [0.1, 0.15) is 5.82 Å². The first-order valence-electron chi connectivity index (χ1n) is 6.36. The third-order valence-corrected chi connectivity index (χ3v) is 4.28. The number of rotatable bonds is 4. The standard InChI is InChI=1S/C14H16FNO2S/c15-12-6-4-5-11(9-17)14(12)19-10-13(18)16-7-2-1-3-8-16/h4-6,9H,1-3,7-8,10H2. The van der Waals surface area contributed by atoms with Gasteiger partial charge in [-0.05, 0) is 25.3 Å². The van der Waals surface area contributed by atoms with E-state index in [2.05, 4.69) is 0 Å². The highest BCUT2D eigenvalue weighted by Crippen LogP contribution is 2.25. The van der Waals surface area contributed by atoms with Crippen LogP contribution in [-0.2, 0) is 4.79 Å². The number of carbonyl (C=O) groups is 2. The van der Waals surface area contributed by atoms with Crippen LogP contribution >= 0.6 is 11.8 Å². The Labute approximate surface area is 116 Å². The number of hydrogen-bond acceptors (Lipinski definition) is 3. The number of likely N-dealkylation sites (tertiary alicyclic amines) is 1. The van der Waals surface area contributed by atoms with E-state index >= 15 is 0 Å². The highest BCUT2D eigenvalue weighted by molar-refractivity contribution is 8.00. The average molecular weight is 281 g/mol. The Kier molecular flexibility index (Phi) is 4.96. The topological polar surface area (TPSA) is 37.4 Å². The van der Waals surface area contributed by atoms with Gasteiger partial charge in [-0.1, -0.05) is 12.1 Å². The number of piperidine rings is 1. The van der Waals surface area contributed by atoms with Crippen LogP contribution in [-0.4, -0.2) is 35.9 Å². The van der Waals surface area contributed by atoms with E-state index in [1.807, 2.05) is 4.90 Å². The minimum atomic E-state index is -0.443. The highest BCUT2D eigenvalue weighted by Gasteiger charge is 2.18. The molecule has 0 spiro atoms. The molecule has 1 amide bonds. The monoisotopic (exact) mass is 281 g/mol. The van der Waals surface area contributed by atoms with Gasteiger partial charge < -0.3 is 4.90 Å². The summed E-state index contributed by atoms with van der Waals surface area (Å²) in [7, 11) is 0. The number of halogens is 1. The number of thioether (sulfide) groups is 1. The molecule has 0 bridgehead atoms. The lowest BCUT2D eigenvalue weighted by Gasteiger charge is -2.26. The van der Waals surface area contributed by atoms with E-state index < -0.39 is 5.82 Å². The summed E-state index contributed by atoms with van der Waals surface area (Å²) in [4.78, 5) is 24.9. The Morgan fingerprint density at radius 1 is 1.32 bits per heavy atom. The summed E-state index contributed by atoms with van der Waals surface area (Å²) < 4.78 is 13.6. The molecule has 1 aromatic rings. The molecule has 1 aromatic carbocycles. The van der Waals surface area contributed by atoms with E-state index in [1.54, 1.807) is 6.07 Å². The molecule has 1 aliphatic rings. The fourth-order valence-corrected chi connectivity index (χ4v) is 3.08. The maximum atomic E-state index is 13.6. The van der Waals surface area contributed by atoms with Crippen molar-refractivity contribution in [1.29, 1.82) is 0 Å². The van der Waals surface area contributed by atoms with Gasteiger partial charge in [0.25, 0.3) is 0 Å². The van der Waals surface area contributed by atoms with Crippen LogP contribution in [0.4, 0.5) is 4.39 Å². The summed E-state index contributed by atoms with van der Waals surface area (Å²) in [6.07, 6.45) is 3.86. The molecule has 5 heteroatoms. The molecule has 2 rings (SSSR count). The Morgan fingerprint density at radius 2 is 2.05 bits per heavy atom.